The Morgan fingerprint density at radius 3 is 3.07 bits per heavy atom. The Kier molecular flexibility index (Phi) is 2.45. The molecule has 2 rings (SSSR count). The summed E-state index contributed by atoms with van der Waals surface area (Å²) in [6.45, 7) is 2.77. The molecule has 2 N–H and O–H groups in total. The summed E-state index contributed by atoms with van der Waals surface area (Å²) in [5.41, 5.74) is 0.914. The Morgan fingerprint density at radius 2 is 2.43 bits per heavy atom. The molecule has 0 bridgehead atoms. The minimum atomic E-state index is -0.250. The molecule has 2 heterocycles. The zero-order valence-corrected chi connectivity index (χ0v) is 8.03. The number of piperazine rings is 1. The second-order valence-corrected chi connectivity index (χ2v) is 3.54. The lowest BCUT2D eigenvalue weighted by Gasteiger charge is -2.28. The summed E-state index contributed by atoms with van der Waals surface area (Å²) in [5.74, 6) is 0.0248. The molecule has 1 fully saturated rings. The fourth-order valence-electron chi connectivity index (χ4n) is 1.58. The highest BCUT2D eigenvalue weighted by Gasteiger charge is 2.26. The molecule has 74 valence electrons. The molecule has 1 aromatic rings. The fraction of sp³-hybridized carbons (Fsp3) is 0.400. The highest BCUT2D eigenvalue weighted by atomic mass is 16.2. The van der Waals surface area contributed by atoms with Crippen molar-refractivity contribution in [2.75, 3.05) is 6.54 Å². The summed E-state index contributed by atoms with van der Waals surface area (Å²) in [6, 6.07) is 3.69. The molecule has 14 heavy (non-hydrogen) atoms. The van der Waals surface area contributed by atoms with Crippen molar-refractivity contribution in [3.8, 4) is 0 Å². The molecule has 0 aromatic carbocycles. The van der Waals surface area contributed by atoms with Crippen molar-refractivity contribution < 1.29 is 4.79 Å². The van der Waals surface area contributed by atoms with Gasteiger partial charge in [0.2, 0.25) is 5.91 Å². The molecular weight excluding hydrogens is 178 g/mol. The topological polar surface area (TPSA) is 54.0 Å². The van der Waals surface area contributed by atoms with Crippen LogP contribution in [-0.4, -0.2) is 23.5 Å². The van der Waals surface area contributed by atoms with Gasteiger partial charge in [0.1, 0.15) is 6.04 Å². The lowest BCUT2D eigenvalue weighted by molar-refractivity contribution is -0.125. The largest absolute Gasteiger partial charge is 0.351 e. The number of aromatic nitrogens is 1. The minimum Gasteiger partial charge on any atom is -0.351 e. The van der Waals surface area contributed by atoms with E-state index in [4.69, 9.17) is 0 Å². The number of pyridine rings is 1. The van der Waals surface area contributed by atoms with E-state index in [1.165, 1.54) is 0 Å². The number of nitrogens with one attached hydrogen (secondary N) is 2. The number of amides is 1. The van der Waals surface area contributed by atoms with Crippen molar-refractivity contribution in [2.45, 2.75) is 19.0 Å². The van der Waals surface area contributed by atoms with Gasteiger partial charge >= 0.3 is 0 Å². The van der Waals surface area contributed by atoms with Gasteiger partial charge in [-0.3, -0.25) is 9.78 Å². The molecule has 0 saturated carbocycles. The molecule has 1 aliphatic rings. The van der Waals surface area contributed by atoms with Crippen LogP contribution in [0.1, 0.15) is 18.5 Å². The van der Waals surface area contributed by atoms with Crippen LogP contribution < -0.4 is 10.6 Å². The summed E-state index contributed by atoms with van der Waals surface area (Å²) in [6.07, 6.45) is 3.42. The monoisotopic (exact) mass is 191 g/mol. The van der Waals surface area contributed by atoms with Crippen molar-refractivity contribution in [2.24, 2.45) is 0 Å². The fourth-order valence-corrected chi connectivity index (χ4v) is 1.58. The third-order valence-electron chi connectivity index (χ3n) is 2.30. The lowest BCUT2D eigenvalue weighted by atomic mass is 10.1. The Morgan fingerprint density at radius 1 is 1.57 bits per heavy atom. The Balaban J connectivity index is 2.16. The van der Waals surface area contributed by atoms with Crippen LogP contribution in [0.2, 0.25) is 0 Å². The standard InChI is InChI=1S/C10H13N3O/c1-7-5-12-9(10(14)13-7)8-3-2-4-11-6-8/h2-4,6-7,9,12H,5H2,1H3,(H,13,14)/t7-,9-/m0/s1. The first kappa shape index (κ1) is 9.15. The Bertz CT molecular complexity index is 325. The maximum Gasteiger partial charge on any atom is 0.242 e. The van der Waals surface area contributed by atoms with E-state index in [1.807, 2.05) is 19.1 Å². The molecule has 4 nitrogen and oxygen atoms in total. The summed E-state index contributed by atoms with van der Waals surface area (Å²) >= 11 is 0. The van der Waals surface area contributed by atoms with E-state index in [-0.39, 0.29) is 18.0 Å². The van der Waals surface area contributed by atoms with E-state index >= 15 is 0 Å². The molecule has 0 aliphatic carbocycles. The maximum atomic E-state index is 11.6. The number of hydrogen-bond donors (Lipinski definition) is 2. The zero-order valence-electron chi connectivity index (χ0n) is 8.03. The second kappa shape index (κ2) is 3.75. The van der Waals surface area contributed by atoms with Crippen LogP contribution in [0.15, 0.2) is 24.5 Å². The highest BCUT2D eigenvalue weighted by Crippen LogP contribution is 2.13. The summed E-state index contributed by atoms with van der Waals surface area (Å²) < 4.78 is 0. The maximum absolute atomic E-state index is 11.6. The Hall–Kier alpha value is -1.42. The van der Waals surface area contributed by atoms with E-state index in [2.05, 4.69) is 15.6 Å². The van der Waals surface area contributed by atoms with Gasteiger partial charge in [-0.2, -0.15) is 0 Å². The summed E-state index contributed by atoms with van der Waals surface area (Å²) in [5, 5.41) is 6.08. The smallest absolute Gasteiger partial charge is 0.242 e. The van der Waals surface area contributed by atoms with Gasteiger partial charge < -0.3 is 10.6 Å². The molecule has 0 spiro atoms. The molecule has 4 heteroatoms. The van der Waals surface area contributed by atoms with Crippen LogP contribution in [-0.2, 0) is 4.79 Å². The van der Waals surface area contributed by atoms with Crippen LogP contribution in [0.3, 0.4) is 0 Å². The third-order valence-corrected chi connectivity index (χ3v) is 2.30. The van der Waals surface area contributed by atoms with Gasteiger partial charge in [0.25, 0.3) is 0 Å². The number of carbonyl (C=O) groups is 1. The predicted molar refractivity (Wildman–Crippen MR) is 52.6 cm³/mol. The third kappa shape index (κ3) is 1.75. The van der Waals surface area contributed by atoms with Crippen LogP contribution >= 0.6 is 0 Å². The van der Waals surface area contributed by atoms with Gasteiger partial charge in [-0.15, -0.1) is 0 Å². The van der Waals surface area contributed by atoms with Crippen molar-refractivity contribution in [1.29, 1.82) is 0 Å². The molecule has 1 aromatic heterocycles. The van der Waals surface area contributed by atoms with Crippen LogP contribution in [0, 0.1) is 0 Å². The second-order valence-electron chi connectivity index (χ2n) is 3.54. The molecule has 1 aliphatic heterocycles. The zero-order chi connectivity index (χ0) is 9.97. The van der Waals surface area contributed by atoms with Gasteiger partial charge in [0, 0.05) is 25.0 Å². The SMILES string of the molecule is C[C@H]1CN[C@@H](c2cccnc2)C(=O)N1. The first-order valence-electron chi connectivity index (χ1n) is 4.71. The van der Waals surface area contributed by atoms with Gasteiger partial charge in [-0.05, 0) is 18.6 Å². The van der Waals surface area contributed by atoms with Gasteiger partial charge in [0.15, 0.2) is 0 Å². The van der Waals surface area contributed by atoms with Gasteiger partial charge in [-0.1, -0.05) is 6.07 Å². The van der Waals surface area contributed by atoms with Crippen LogP contribution in [0.25, 0.3) is 0 Å². The molecule has 1 amide bonds. The quantitative estimate of drug-likeness (QED) is 0.668. The van der Waals surface area contributed by atoms with E-state index in [0.29, 0.717) is 0 Å². The number of carbonyl (C=O) groups excluding carboxylic acids is 1. The van der Waals surface area contributed by atoms with Gasteiger partial charge in [-0.25, -0.2) is 0 Å². The average molecular weight is 191 g/mol. The first-order chi connectivity index (χ1) is 6.77. The van der Waals surface area contributed by atoms with E-state index in [0.717, 1.165) is 12.1 Å². The van der Waals surface area contributed by atoms with E-state index in [1.54, 1.807) is 12.4 Å². The number of hydrogen-bond acceptors (Lipinski definition) is 3. The molecule has 0 unspecified atom stereocenters. The predicted octanol–water partition coefficient (Wildman–Crippen LogP) is 0.231. The first-order valence-corrected chi connectivity index (χ1v) is 4.71. The van der Waals surface area contributed by atoms with Crippen molar-refractivity contribution in [1.82, 2.24) is 15.6 Å². The Labute approximate surface area is 82.7 Å². The highest BCUT2D eigenvalue weighted by molar-refractivity contribution is 5.84. The van der Waals surface area contributed by atoms with Gasteiger partial charge in [0.05, 0.1) is 0 Å². The minimum absolute atomic E-state index is 0.0248. The van der Waals surface area contributed by atoms with Crippen molar-refractivity contribution in [3.05, 3.63) is 30.1 Å². The molecular formula is C10H13N3O. The van der Waals surface area contributed by atoms with Crippen LogP contribution in [0.5, 0.6) is 0 Å². The molecule has 0 radical (unpaired) electrons. The summed E-state index contributed by atoms with van der Waals surface area (Å²) in [7, 11) is 0. The van der Waals surface area contributed by atoms with Crippen molar-refractivity contribution >= 4 is 5.91 Å². The average Bonchev–Trinajstić information content (AvgIpc) is 2.19. The van der Waals surface area contributed by atoms with E-state index in [9.17, 15) is 4.79 Å². The van der Waals surface area contributed by atoms with Crippen LogP contribution in [0.4, 0.5) is 0 Å². The molecule has 2 atom stereocenters. The lowest BCUT2D eigenvalue weighted by Crippen LogP contribution is -2.52. The summed E-state index contributed by atoms with van der Waals surface area (Å²) in [4.78, 5) is 15.6. The number of nitrogens with zero attached hydrogens (tertiary/aromatic N) is 1. The van der Waals surface area contributed by atoms with E-state index < -0.39 is 0 Å². The normalized spacial score (nSPS) is 27.1. The van der Waals surface area contributed by atoms with Crippen molar-refractivity contribution in [3.63, 3.8) is 0 Å². The number of rotatable bonds is 1. The molecule has 1 saturated heterocycles.